The van der Waals surface area contributed by atoms with E-state index in [0.717, 1.165) is 51.4 Å². The van der Waals surface area contributed by atoms with Crippen molar-refractivity contribution in [1.82, 2.24) is 0 Å². The molecule has 3 N–H and O–H groups in total. The quantitative estimate of drug-likeness (QED) is 0.228. The molecule has 9 unspecified atom stereocenters. The zero-order chi connectivity index (χ0) is 33.4. The number of phenols is 1. The second-order valence-corrected chi connectivity index (χ2v) is 17.0. The number of aliphatic hydroxyl groups is 1. The number of hydrogen-bond acceptors (Lipinski definition) is 6. The Bertz CT molecular complexity index is 1390. The van der Waals surface area contributed by atoms with Crippen LogP contribution in [0.1, 0.15) is 113 Å². The summed E-state index contributed by atoms with van der Waals surface area (Å²) < 4.78 is 4.72. The van der Waals surface area contributed by atoms with Gasteiger partial charge in [-0.05, 0) is 134 Å². The molecule has 0 saturated heterocycles. The first-order valence-electron chi connectivity index (χ1n) is 16.9. The fraction of sp³-hybridized carbons (Fsp3) is 0.711. The summed E-state index contributed by atoms with van der Waals surface area (Å²) in [5.41, 5.74) is 0.142. The van der Waals surface area contributed by atoms with Crippen LogP contribution in [-0.4, -0.2) is 39.1 Å². The van der Waals surface area contributed by atoms with Crippen molar-refractivity contribution in [3.05, 3.63) is 35.9 Å². The smallest absolute Gasteiger partial charge is 0.309 e. The molecule has 248 valence electrons. The first-order valence-corrected chi connectivity index (χ1v) is 16.9. The van der Waals surface area contributed by atoms with Crippen molar-refractivity contribution in [3.8, 4) is 11.5 Å². The summed E-state index contributed by atoms with van der Waals surface area (Å²) in [6.07, 6.45) is 9.95. The Morgan fingerprint density at radius 3 is 2.09 bits per heavy atom. The van der Waals surface area contributed by atoms with Crippen molar-refractivity contribution < 1.29 is 34.4 Å². The highest BCUT2D eigenvalue weighted by atomic mass is 16.5. The van der Waals surface area contributed by atoms with Crippen LogP contribution in [0.25, 0.3) is 0 Å². The summed E-state index contributed by atoms with van der Waals surface area (Å²) >= 11 is 0. The highest BCUT2D eigenvalue weighted by Gasteiger charge is 2.70. The summed E-state index contributed by atoms with van der Waals surface area (Å²) in [6.45, 7) is 17.2. The molecule has 0 amide bonds. The van der Waals surface area contributed by atoms with Gasteiger partial charge in [0.05, 0.1) is 11.5 Å². The van der Waals surface area contributed by atoms with Gasteiger partial charge in [0, 0.05) is 12.8 Å². The molecule has 7 nitrogen and oxygen atoms in total. The van der Waals surface area contributed by atoms with Gasteiger partial charge in [-0.2, -0.15) is 0 Å². The van der Waals surface area contributed by atoms with E-state index in [1.807, 2.05) is 13.0 Å². The largest absolute Gasteiger partial charge is 0.508 e. The van der Waals surface area contributed by atoms with Crippen LogP contribution in [0.15, 0.2) is 35.9 Å². The predicted molar refractivity (Wildman–Crippen MR) is 172 cm³/mol. The maximum Gasteiger partial charge on any atom is 0.309 e. The zero-order valence-corrected chi connectivity index (χ0v) is 28.5. The molecule has 1 aromatic rings. The fourth-order valence-electron chi connectivity index (χ4n) is 11.0. The van der Waals surface area contributed by atoms with E-state index in [0.29, 0.717) is 18.1 Å². The number of hydrogen-bond donors (Lipinski definition) is 3. The number of allylic oxidation sites excluding steroid dienone is 2. The number of aliphatic carboxylic acids is 1. The number of carboxylic acid groups (broad SMARTS) is 1. The van der Waals surface area contributed by atoms with Gasteiger partial charge >= 0.3 is 11.9 Å². The molecule has 9 atom stereocenters. The first kappa shape index (κ1) is 33.7. The van der Waals surface area contributed by atoms with E-state index in [4.69, 9.17) is 9.84 Å². The minimum absolute atomic E-state index is 0.0296. The molecule has 0 aromatic heterocycles. The Morgan fingerprint density at radius 1 is 0.867 bits per heavy atom. The molecule has 0 spiro atoms. The monoisotopic (exact) mass is 622 g/mol. The van der Waals surface area contributed by atoms with Crippen LogP contribution >= 0.6 is 0 Å². The summed E-state index contributed by atoms with van der Waals surface area (Å²) in [7, 11) is 0. The summed E-state index contributed by atoms with van der Waals surface area (Å²) in [6, 6.07) is 5.96. The van der Waals surface area contributed by atoms with Crippen molar-refractivity contribution in [3.63, 3.8) is 0 Å². The Kier molecular flexibility index (Phi) is 8.20. The van der Waals surface area contributed by atoms with Crippen LogP contribution in [0.4, 0.5) is 0 Å². The van der Waals surface area contributed by atoms with E-state index in [2.05, 4.69) is 41.5 Å². The maximum absolute atomic E-state index is 14.2. The molecule has 7 heteroatoms. The van der Waals surface area contributed by atoms with E-state index in [9.17, 15) is 24.6 Å². The number of carbonyl (C=O) groups excluding carboxylic acids is 2. The number of ketones is 1. The van der Waals surface area contributed by atoms with Crippen LogP contribution in [0.5, 0.6) is 11.5 Å². The molecule has 5 aliphatic carbocycles. The second-order valence-electron chi connectivity index (χ2n) is 17.0. The van der Waals surface area contributed by atoms with Crippen LogP contribution < -0.4 is 4.74 Å². The van der Waals surface area contributed by atoms with Gasteiger partial charge in [-0.3, -0.25) is 14.4 Å². The second kappa shape index (κ2) is 11.0. The van der Waals surface area contributed by atoms with E-state index in [1.165, 1.54) is 36.8 Å². The highest BCUT2D eigenvalue weighted by Crippen LogP contribution is 2.75. The summed E-state index contributed by atoms with van der Waals surface area (Å²) in [5.74, 6) is 0.289. The average Bonchev–Trinajstić information content (AvgIpc) is 2.94. The minimum atomic E-state index is -0.711. The lowest BCUT2D eigenvalue weighted by atomic mass is 9.33. The lowest BCUT2D eigenvalue weighted by Gasteiger charge is -2.70. The molecule has 0 radical (unpaired) electrons. The van der Waals surface area contributed by atoms with Crippen molar-refractivity contribution in [1.29, 1.82) is 0 Å². The number of ether oxygens (including phenoxy) is 1. The number of fused-ring (bicyclic) bond motifs is 7. The normalized spacial score (nSPS) is 43.1. The molecule has 0 heterocycles. The Morgan fingerprint density at radius 2 is 1.49 bits per heavy atom. The van der Waals surface area contributed by atoms with Crippen LogP contribution in [0.3, 0.4) is 0 Å². The van der Waals surface area contributed by atoms with E-state index in [1.54, 1.807) is 0 Å². The summed E-state index contributed by atoms with van der Waals surface area (Å²) in [4.78, 5) is 36.8. The zero-order valence-electron chi connectivity index (χ0n) is 28.5. The minimum Gasteiger partial charge on any atom is -0.508 e. The number of phenolic OH excluding ortho intramolecular Hbond substituents is 1. The van der Waals surface area contributed by atoms with Gasteiger partial charge in [0.15, 0.2) is 5.78 Å². The van der Waals surface area contributed by atoms with Crippen molar-refractivity contribution >= 4 is 17.7 Å². The third kappa shape index (κ3) is 5.16. The third-order valence-electron chi connectivity index (χ3n) is 14.2. The fourth-order valence-corrected chi connectivity index (χ4v) is 11.0. The van der Waals surface area contributed by atoms with Crippen LogP contribution in [-0.2, 0) is 14.4 Å². The molecule has 4 fully saturated rings. The van der Waals surface area contributed by atoms with Crippen LogP contribution in [0, 0.1) is 50.2 Å². The molecule has 4 saturated carbocycles. The Labute approximate surface area is 268 Å². The maximum atomic E-state index is 14.2. The molecule has 45 heavy (non-hydrogen) atoms. The SMILES string of the molecule is CC(=O)Oc1ccc(O)cc1.CC1(C(=O)O)CCC2(C)CCC3(C)C(=CC(=O)C4C5(C)CCC(O)C(C)(C)C5CCC43C)C2C1. The molecule has 0 bridgehead atoms. The van der Waals surface area contributed by atoms with Gasteiger partial charge in [-0.15, -0.1) is 0 Å². The lowest BCUT2D eigenvalue weighted by molar-refractivity contribution is -0.202. The molecular formula is C38H54O7. The number of aromatic hydroxyl groups is 1. The molecule has 6 rings (SSSR count). The Hall–Kier alpha value is -2.67. The summed E-state index contributed by atoms with van der Waals surface area (Å²) in [5, 5.41) is 29.8. The van der Waals surface area contributed by atoms with Gasteiger partial charge in [0.25, 0.3) is 0 Å². The highest BCUT2D eigenvalue weighted by molar-refractivity contribution is 5.95. The number of carbonyl (C=O) groups is 3. The van der Waals surface area contributed by atoms with E-state index < -0.39 is 11.4 Å². The topological polar surface area (TPSA) is 121 Å². The molecule has 1 aromatic carbocycles. The van der Waals surface area contributed by atoms with Crippen molar-refractivity contribution in [2.75, 3.05) is 0 Å². The number of carboxylic acids is 1. The average molecular weight is 623 g/mol. The van der Waals surface area contributed by atoms with Gasteiger partial charge < -0.3 is 20.1 Å². The first-order chi connectivity index (χ1) is 20.7. The number of benzene rings is 1. The van der Waals surface area contributed by atoms with E-state index in [-0.39, 0.29) is 62.5 Å². The predicted octanol–water partition coefficient (Wildman–Crippen LogP) is 7.73. The van der Waals surface area contributed by atoms with Gasteiger partial charge in [-0.25, -0.2) is 0 Å². The van der Waals surface area contributed by atoms with E-state index >= 15 is 0 Å². The van der Waals surface area contributed by atoms with Gasteiger partial charge in [0.2, 0.25) is 0 Å². The van der Waals surface area contributed by atoms with Crippen molar-refractivity contribution in [2.45, 2.75) is 119 Å². The number of esters is 1. The van der Waals surface area contributed by atoms with Gasteiger partial charge in [0.1, 0.15) is 11.5 Å². The third-order valence-corrected chi connectivity index (χ3v) is 14.2. The van der Waals surface area contributed by atoms with Crippen LogP contribution in [0.2, 0.25) is 0 Å². The number of rotatable bonds is 2. The molecule has 0 aliphatic heterocycles. The standard InChI is InChI=1S/C30H46O4.C8H8O3/c1-25(2)21-8-11-30(7)23(28(21,5)10-9-22(25)32)20(31)16-18-19-17-27(4,24(33)34)13-12-26(19,3)14-15-29(18,30)6;1-6(9)11-8-4-2-7(10)3-5-8/h16,19,21-23,32H,8-15,17H2,1-7H3,(H,33,34);2-5,10H,1H3. The van der Waals surface area contributed by atoms with Gasteiger partial charge in [-0.1, -0.05) is 47.1 Å². The lowest BCUT2D eigenvalue weighted by Crippen LogP contribution is -2.66. The Balaban J connectivity index is 0.000000309. The molecule has 5 aliphatic rings. The molecular weight excluding hydrogens is 568 g/mol. The number of aliphatic hydroxyl groups excluding tert-OH is 1. The van der Waals surface area contributed by atoms with Crippen molar-refractivity contribution in [2.24, 2.45) is 50.2 Å².